The summed E-state index contributed by atoms with van der Waals surface area (Å²) in [6.07, 6.45) is -2.48. The first-order chi connectivity index (χ1) is 14.9. The number of hydrogen-bond acceptors (Lipinski definition) is 3. The largest absolute Gasteiger partial charge is 0.419 e. The van der Waals surface area contributed by atoms with Gasteiger partial charge in [-0.05, 0) is 30.4 Å². The molecule has 2 amide bonds. The topological polar surface area (TPSA) is 57.9 Å². The van der Waals surface area contributed by atoms with E-state index in [1.165, 1.54) is 11.1 Å². The quantitative estimate of drug-likeness (QED) is 0.630. The Morgan fingerprint density at radius 1 is 1.19 bits per heavy atom. The lowest BCUT2D eigenvalue weighted by Gasteiger charge is -2.45. The summed E-state index contributed by atoms with van der Waals surface area (Å²) in [5, 5.41) is -0.258. The molecule has 1 aliphatic heterocycles. The molecule has 0 spiro atoms. The van der Waals surface area contributed by atoms with Gasteiger partial charge in [-0.2, -0.15) is 13.2 Å². The van der Waals surface area contributed by atoms with E-state index in [1.807, 2.05) is 0 Å². The Bertz CT molecular complexity index is 1120. The van der Waals surface area contributed by atoms with Gasteiger partial charge in [0.15, 0.2) is 11.3 Å². The highest BCUT2D eigenvalue weighted by atomic mass is 35.5. The van der Waals surface area contributed by atoms with Crippen molar-refractivity contribution in [1.29, 1.82) is 0 Å². The third-order valence-electron chi connectivity index (χ3n) is 6.29. The highest BCUT2D eigenvalue weighted by Gasteiger charge is 2.50. The number of carbonyl (C=O) groups excluding carboxylic acids is 2. The van der Waals surface area contributed by atoms with E-state index in [2.05, 4.69) is 4.98 Å². The first kappa shape index (κ1) is 21.4. The minimum absolute atomic E-state index is 0.0164. The lowest BCUT2D eigenvalue weighted by molar-refractivity contribution is -0.157. The SMILES string of the molecule is O=C(c1nc2c(C(F)(F)F)cc(C3CC3)cn2c1Cl)N1CCN(C2CC(F)(F)C2)C(=O)C1. The molecule has 1 saturated heterocycles. The van der Waals surface area contributed by atoms with E-state index in [0.29, 0.717) is 5.56 Å². The Labute approximate surface area is 183 Å². The van der Waals surface area contributed by atoms with E-state index >= 15 is 0 Å². The molecular formula is C20H18ClF5N4O2. The number of imidazole rings is 1. The van der Waals surface area contributed by atoms with Crippen molar-refractivity contribution in [3.05, 3.63) is 34.2 Å². The second-order valence-corrected chi connectivity index (χ2v) is 8.99. The maximum Gasteiger partial charge on any atom is 0.419 e. The fourth-order valence-corrected chi connectivity index (χ4v) is 4.62. The molecule has 0 unspecified atom stereocenters. The van der Waals surface area contributed by atoms with Gasteiger partial charge in [-0.15, -0.1) is 0 Å². The fraction of sp³-hybridized carbons (Fsp3) is 0.550. The van der Waals surface area contributed by atoms with Crippen molar-refractivity contribution in [1.82, 2.24) is 19.2 Å². The van der Waals surface area contributed by atoms with Gasteiger partial charge < -0.3 is 9.80 Å². The molecule has 172 valence electrons. The van der Waals surface area contributed by atoms with E-state index < -0.39 is 54.0 Å². The number of pyridine rings is 1. The van der Waals surface area contributed by atoms with Gasteiger partial charge in [0.05, 0.1) is 5.56 Å². The minimum Gasteiger partial charge on any atom is -0.336 e. The summed E-state index contributed by atoms with van der Waals surface area (Å²) in [5.41, 5.74) is -1.35. The summed E-state index contributed by atoms with van der Waals surface area (Å²) in [4.78, 5) is 31.8. The van der Waals surface area contributed by atoms with E-state index in [9.17, 15) is 31.5 Å². The zero-order chi connectivity index (χ0) is 23.0. The van der Waals surface area contributed by atoms with Crippen molar-refractivity contribution < 1.29 is 31.5 Å². The van der Waals surface area contributed by atoms with Crippen LogP contribution in [0.1, 0.15) is 53.2 Å². The predicted molar refractivity (Wildman–Crippen MR) is 103 cm³/mol. The highest BCUT2D eigenvalue weighted by Crippen LogP contribution is 2.44. The molecule has 0 N–H and O–H groups in total. The molecule has 2 aromatic heterocycles. The summed E-state index contributed by atoms with van der Waals surface area (Å²) >= 11 is 6.28. The molecule has 2 aliphatic carbocycles. The molecule has 3 aliphatic rings. The third kappa shape index (κ3) is 3.60. The Balaban J connectivity index is 1.42. The van der Waals surface area contributed by atoms with Gasteiger partial charge in [0.1, 0.15) is 11.7 Å². The van der Waals surface area contributed by atoms with Crippen LogP contribution in [0.5, 0.6) is 0 Å². The van der Waals surface area contributed by atoms with Crippen molar-refractivity contribution in [2.24, 2.45) is 0 Å². The molecule has 0 bridgehead atoms. The molecule has 32 heavy (non-hydrogen) atoms. The van der Waals surface area contributed by atoms with Crippen LogP contribution >= 0.6 is 11.6 Å². The van der Waals surface area contributed by atoms with E-state index in [-0.39, 0.29) is 36.4 Å². The second-order valence-electron chi connectivity index (χ2n) is 8.64. The predicted octanol–water partition coefficient (Wildman–Crippen LogP) is 3.97. The van der Waals surface area contributed by atoms with Crippen molar-refractivity contribution in [3.8, 4) is 0 Å². The molecule has 2 aromatic rings. The van der Waals surface area contributed by atoms with E-state index in [0.717, 1.165) is 28.2 Å². The monoisotopic (exact) mass is 476 g/mol. The summed E-state index contributed by atoms with van der Waals surface area (Å²) in [7, 11) is 0. The lowest BCUT2D eigenvalue weighted by Crippen LogP contribution is -2.60. The number of aromatic nitrogens is 2. The Morgan fingerprint density at radius 2 is 1.88 bits per heavy atom. The maximum absolute atomic E-state index is 13.6. The number of carbonyl (C=O) groups is 2. The smallest absolute Gasteiger partial charge is 0.336 e. The van der Waals surface area contributed by atoms with E-state index in [4.69, 9.17) is 11.6 Å². The molecule has 0 radical (unpaired) electrons. The van der Waals surface area contributed by atoms with Crippen molar-refractivity contribution in [3.63, 3.8) is 0 Å². The van der Waals surface area contributed by atoms with Crippen LogP contribution in [0.4, 0.5) is 22.0 Å². The molecule has 3 fully saturated rings. The Kier molecular flexibility index (Phi) is 4.71. The first-order valence-electron chi connectivity index (χ1n) is 10.2. The van der Waals surface area contributed by atoms with Crippen molar-refractivity contribution in [2.75, 3.05) is 19.6 Å². The van der Waals surface area contributed by atoms with Crippen LogP contribution in [0.3, 0.4) is 0 Å². The molecular weight excluding hydrogens is 459 g/mol. The van der Waals surface area contributed by atoms with Crippen LogP contribution in [0, 0.1) is 0 Å². The van der Waals surface area contributed by atoms with Gasteiger partial charge in [0.2, 0.25) is 5.91 Å². The van der Waals surface area contributed by atoms with Gasteiger partial charge in [-0.25, -0.2) is 13.8 Å². The van der Waals surface area contributed by atoms with Gasteiger partial charge in [0.25, 0.3) is 11.8 Å². The summed E-state index contributed by atoms with van der Waals surface area (Å²) in [6.45, 7) is -0.253. The van der Waals surface area contributed by atoms with E-state index in [1.54, 1.807) is 0 Å². The third-order valence-corrected chi connectivity index (χ3v) is 6.65. The fourth-order valence-electron chi connectivity index (χ4n) is 4.37. The average Bonchev–Trinajstić information content (AvgIpc) is 3.48. The van der Waals surface area contributed by atoms with Crippen LogP contribution in [0.25, 0.3) is 5.65 Å². The number of rotatable bonds is 3. The average molecular weight is 477 g/mol. The molecule has 0 aromatic carbocycles. The normalized spacial score (nSPS) is 21.9. The van der Waals surface area contributed by atoms with Gasteiger partial charge >= 0.3 is 6.18 Å². The number of fused-ring (bicyclic) bond motifs is 1. The number of amides is 2. The van der Waals surface area contributed by atoms with Gasteiger partial charge in [0, 0.05) is 38.2 Å². The number of piperazine rings is 1. The number of hydrogen-bond donors (Lipinski definition) is 0. The number of alkyl halides is 5. The van der Waals surface area contributed by atoms with Crippen LogP contribution < -0.4 is 0 Å². The second kappa shape index (κ2) is 7.03. The highest BCUT2D eigenvalue weighted by molar-refractivity contribution is 6.33. The van der Waals surface area contributed by atoms with Crippen LogP contribution in [-0.2, 0) is 11.0 Å². The molecule has 5 rings (SSSR count). The Hall–Kier alpha value is -2.43. The zero-order valence-corrected chi connectivity index (χ0v) is 17.4. The van der Waals surface area contributed by atoms with Crippen LogP contribution in [0.2, 0.25) is 5.15 Å². The number of nitrogens with zero attached hydrogens (tertiary/aromatic N) is 4. The van der Waals surface area contributed by atoms with Crippen molar-refractivity contribution >= 4 is 29.1 Å². The summed E-state index contributed by atoms with van der Waals surface area (Å²) in [6, 6.07) is 0.477. The minimum atomic E-state index is -4.69. The molecule has 0 atom stereocenters. The number of halogens is 6. The standard InChI is InChI=1S/C20H18ClF5N4O2/c21-16-15(18(32)28-3-4-29(14(31)9-28)12-6-19(22,23)7-12)27-17-13(20(24,25)26)5-11(8-30(16)17)10-1-2-10/h5,8,10,12H,1-4,6-7,9H2. The first-order valence-corrected chi connectivity index (χ1v) is 10.6. The Morgan fingerprint density at radius 3 is 2.44 bits per heavy atom. The zero-order valence-electron chi connectivity index (χ0n) is 16.6. The summed E-state index contributed by atoms with van der Waals surface area (Å²) in [5.74, 6) is -4.02. The van der Waals surface area contributed by atoms with Gasteiger partial charge in [-0.1, -0.05) is 11.6 Å². The van der Waals surface area contributed by atoms with Crippen LogP contribution in [-0.4, -0.2) is 62.6 Å². The molecule has 12 heteroatoms. The molecule has 2 saturated carbocycles. The van der Waals surface area contributed by atoms with Crippen LogP contribution in [0.15, 0.2) is 12.3 Å². The maximum atomic E-state index is 13.6. The van der Waals surface area contributed by atoms with Crippen molar-refractivity contribution in [2.45, 2.75) is 49.7 Å². The van der Waals surface area contributed by atoms with Gasteiger partial charge in [-0.3, -0.25) is 14.0 Å². The summed E-state index contributed by atoms with van der Waals surface area (Å²) < 4.78 is 68.3. The lowest BCUT2D eigenvalue weighted by atomic mass is 9.86. The molecule has 6 nitrogen and oxygen atoms in total. The molecule has 3 heterocycles.